The van der Waals surface area contributed by atoms with Crippen LogP contribution >= 0.6 is 0 Å². The maximum absolute atomic E-state index is 13.7. The largest absolute Gasteiger partial charge is 0.389 e. The highest BCUT2D eigenvalue weighted by molar-refractivity contribution is 6.00. The fourth-order valence-electron chi connectivity index (χ4n) is 5.86. The molecule has 1 aliphatic carbocycles. The SMILES string of the molecule is CCN(CC(O)C(Cc1ccccc1)NC(=O)c1cc(NC(C)C)cc(N2CCCC2=O)c1)C(=O)NC1CCCCC1. The third-order valence-electron chi connectivity index (χ3n) is 8.11. The molecule has 2 atom stereocenters. The van der Waals surface area contributed by atoms with Gasteiger partial charge < -0.3 is 30.9 Å². The lowest BCUT2D eigenvalue weighted by Crippen LogP contribution is -2.53. The minimum absolute atomic E-state index is 0.0478. The van der Waals surface area contributed by atoms with Crippen molar-refractivity contribution in [1.29, 1.82) is 0 Å². The summed E-state index contributed by atoms with van der Waals surface area (Å²) in [5.74, 6) is -0.295. The summed E-state index contributed by atoms with van der Waals surface area (Å²) in [7, 11) is 0. The van der Waals surface area contributed by atoms with Crippen LogP contribution in [0.15, 0.2) is 48.5 Å². The van der Waals surface area contributed by atoms with Crippen LogP contribution in [0.4, 0.5) is 16.2 Å². The minimum Gasteiger partial charge on any atom is -0.389 e. The molecule has 2 unspecified atom stereocenters. The average molecular weight is 578 g/mol. The molecule has 0 radical (unpaired) electrons. The van der Waals surface area contributed by atoms with E-state index >= 15 is 0 Å². The fourth-order valence-corrected chi connectivity index (χ4v) is 5.86. The second-order valence-corrected chi connectivity index (χ2v) is 11.9. The second kappa shape index (κ2) is 15.0. The number of hydrogen-bond acceptors (Lipinski definition) is 5. The Morgan fingerprint density at radius 1 is 1.05 bits per heavy atom. The summed E-state index contributed by atoms with van der Waals surface area (Å²) in [6.07, 6.45) is 6.09. The third-order valence-corrected chi connectivity index (χ3v) is 8.11. The van der Waals surface area contributed by atoms with Gasteiger partial charge in [0.15, 0.2) is 0 Å². The number of aliphatic hydroxyl groups is 1. The van der Waals surface area contributed by atoms with Gasteiger partial charge in [-0.25, -0.2) is 4.79 Å². The molecule has 9 nitrogen and oxygen atoms in total. The molecule has 2 aromatic carbocycles. The summed E-state index contributed by atoms with van der Waals surface area (Å²) in [6.45, 7) is 7.09. The molecule has 1 saturated carbocycles. The molecule has 1 heterocycles. The van der Waals surface area contributed by atoms with E-state index in [2.05, 4.69) is 16.0 Å². The Morgan fingerprint density at radius 2 is 1.79 bits per heavy atom. The predicted molar refractivity (Wildman–Crippen MR) is 167 cm³/mol. The lowest BCUT2D eigenvalue weighted by molar-refractivity contribution is -0.117. The molecule has 9 heteroatoms. The molecule has 2 fully saturated rings. The second-order valence-electron chi connectivity index (χ2n) is 11.9. The molecule has 1 saturated heterocycles. The first-order valence-corrected chi connectivity index (χ1v) is 15.5. The molecule has 0 spiro atoms. The van der Waals surface area contributed by atoms with Crippen molar-refractivity contribution in [3.05, 3.63) is 59.7 Å². The van der Waals surface area contributed by atoms with E-state index in [1.165, 1.54) is 6.42 Å². The van der Waals surface area contributed by atoms with Crippen LogP contribution in [-0.2, 0) is 11.2 Å². The average Bonchev–Trinajstić information content (AvgIpc) is 3.41. The topological polar surface area (TPSA) is 114 Å². The van der Waals surface area contributed by atoms with Crippen molar-refractivity contribution in [2.75, 3.05) is 29.9 Å². The number of amides is 4. The summed E-state index contributed by atoms with van der Waals surface area (Å²) in [5.41, 5.74) is 2.81. The molecule has 2 aromatic rings. The van der Waals surface area contributed by atoms with E-state index in [-0.39, 0.29) is 36.5 Å². The Balaban J connectivity index is 1.53. The highest BCUT2D eigenvalue weighted by Crippen LogP contribution is 2.27. The number of aliphatic hydroxyl groups excluding tert-OH is 1. The van der Waals surface area contributed by atoms with E-state index < -0.39 is 12.1 Å². The molecule has 0 bridgehead atoms. The first-order valence-electron chi connectivity index (χ1n) is 15.5. The molecular weight excluding hydrogens is 530 g/mol. The number of hydrogen-bond donors (Lipinski definition) is 4. The quantitative estimate of drug-likeness (QED) is 0.292. The normalized spacial score (nSPS) is 17.2. The number of likely N-dealkylation sites (N-methyl/N-ethyl adjacent to an activating group) is 1. The Kier molecular flexibility index (Phi) is 11.2. The zero-order chi connectivity index (χ0) is 30.1. The number of carbonyl (C=O) groups excluding carboxylic acids is 3. The van der Waals surface area contributed by atoms with Gasteiger partial charge in [0, 0.05) is 48.5 Å². The van der Waals surface area contributed by atoms with Crippen LogP contribution in [0.1, 0.15) is 81.6 Å². The number of carbonyl (C=O) groups is 3. The van der Waals surface area contributed by atoms with E-state index in [4.69, 9.17) is 0 Å². The van der Waals surface area contributed by atoms with Crippen molar-refractivity contribution in [3.63, 3.8) is 0 Å². The fraction of sp³-hybridized carbons (Fsp3) is 0.545. The van der Waals surface area contributed by atoms with Crippen LogP contribution in [0, 0.1) is 0 Å². The van der Waals surface area contributed by atoms with E-state index in [0.29, 0.717) is 37.2 Å². The molecule has 4 rings (SSSR count). The van der Waals surface area contributed by atoms with Crippen molar-refractivity contribution in [3.8, 4) is 0 Å². The molecule has 2 aliphatic rings. The third kappa shape index (κ3) is 8.71. The highest BCUT2D eigenvalue weighted by atomic mass is 16.3. The van der Waals surface area contributed by atoms with Crippen LogP contribution in [-0.4, -0.2) is 71.7 Å². The first-order chi connectivity index (χ1) is 20.2. The molecule has 0 aromatic heterocycles. The molecule has 4 N–H and O–H groups in total. The summed E-state index contributed by atoms with van der Waals surface area (Å²) >= 11 is 0. The number of benzene rings is 2. The van der Waals surface area contributed by atoms with Crippen LogP contribution in [0.2, 0.25) is 0 Å². The lowest BCUT2D eigenvalue weighted by Gasteiger charge is -2.32. The smallest absolute Gasteiger partial charge is 0.317 e. The van der Waals surface area contributed by atoms with Crippen LogP contribution < -0.4 is 20.9 Å². The molecule has 4 amide bonds. The highest BCUT2D eigenvalue weighted by Gasteiger charge is 2.28. The Labute approximate surface area is 250 Å². The van der Waals surface area contributed by atoms with Crippen molar-refractivity contribution in [2.45, 2.75) is 96.4 Å². The van der Waals surface area contributed by atoms with Crippen molar-refractivity contribution in [2.24, 2.45) is 0 Å². The summed E-state index contributed by atoms with van der Waals surface area (Å²) < 4.78 is 0. The van der Waals surface area contributed by atoms with Crippen LogP contribution in [0.25, 0.3) is 0 Å². The monoisotopic (exact) mass is 577 g/mol. The number of nitrogens with zero attached hydrogens (tertiary/aromatic N) is 2. The maximum Gasteiger partial charge on any atom is 0.317 e. The number of nitrogens with one attached hydrogen (secondary N) is 3. The van der Waals surface area contributed by atoms with Gasteiger partial charge in [-0.05, 0) is 70.2 Å². The standard InChI is InChI=1S/C33H47N5O4/c1-4-37(33(42)35-26-14-9-6-10-15-26)22-30(39)29(18-24-12-7-5-8-13-24)36-32(41)25-19-27(34-23(2)3)21-28(20-25)38-17-11-16-31(38)40/h5,7-8,12-13,19-21,23,26,29-30,34,39H,4,6,9-11,14-18,22H2,1-3H3,(H,35,42)(H,36,41). The van der Waals surface area contributed by atoms with E-state index in [1.54, 1.807) is 21.9 Å². The maximum atomic E-state index is 13.7. The van der Waals surface area contributed by atoms with Gasteiger partial charge in [-0.1, -0.05) is 49.6 Å². The minimum atomic E-state index is -0.997. The van der Waals surface area contributed by atoms with Gasteiger partial charge in [0.05, 0.1) is 18.7 Å². The summed E-state index contributed by atoms with van der Waals surface area (Å²) in [4.78, 5) is 42.7. The number of urea groups is 1. The van der Waals surface area contributed by atoms with Gasteiger partial charge in [-0.15, -0.1) is 0 Å². The van der Waals surface area contributed by atoms with Crippen molar-refractivity contribution in [1.82, 2.24) is 15.5 Å². The van der Waals surface area contributed by atoms with Gasteiger partial charge in [-0.2, -0.15) is 0 Å². The predicted octanol–water partition coefficient (Wildman–Crippen LogP) is 4.70. The summed E-state index contributed by atoms with van der Waals surface area (Å²) in [6, 6.07) is 14.6. The number of rotatable bonds is 12. The Bertz CT molecular complexity index is 1200. The van der Waals surface area contributed by atoms with E-state index in [1.807, 2.05) is 57.2 Å². The molecular formula is C33H47N5O4. The van der Waals surface area contributed by atoms with Crippen LogP contribution in [0.3, 0.4) is 0 Å². The molecule has 228 valence electrons. The lowest BCUT2D eigenvalue weighted by atomic mass is 9.96. The first kappa shape index (κ1) is 31.3. The number of anilines is 2. The van der Waals surface area contributed by atoms with Gasteiger partial charge in [0.25, 0.3) is 5.91 Å². The van der Waals surface area contributed by atoms with Crippen molar-refractivity contribution >= 4 is 29.2 Å². The molecule has 1 aliphatic heterocycles. The van der Waals surface area contributed by atoms with Gasteiger partial charge in [0.2, 0.25) is 5.91 Å². The van der Waals surface area contributed by atoms with Crippen LogP contribution in [0.5, 0.6) is 0 Å². The van der Waals surface area contributed by atoms with E-state index in [9.17, 15) is 19.5 Å². The van der Waals surface area contributed by atoms with Crippen molar-refractivity contribution < 1.29 is 19.5 Å². The zero-order valence-electron chi connectivity index (χ0n) is 25.3. The summed E-state index contributed by atoms with van der Waals surface area (Å²) in [5, 5.41) is 21.0. The Hall–Kier alpha value is -3.59. The van der Waals surface area contributed by atoms with Gasteiger partial charge >= 0.3 is 6.03 Å². The van der Waals surface area contributed by atoms with E-state index in [0.717, 1.165) is 43.4 Å². The zero-order valence-corrected chi connectivity index (χ0v) is 25.3. The van der Waals surface area contributed by atoms with Gasteiger partial charge in [-0.3, -0.25) is 9.59 Å². The van der Waals surface area contributed by atoms with Gasteiger partial charge in [0.1, 0.15) is 0 Å². The molecule has 42 heavy (non-hydrogen) atoms. The Morgan fingerprint density at radius 3 is 2.43 bits per heavy atom.